The Balaban J connectivity index is 3.54. The van der Waals surface area contributed by atoms with Gasteiger partial charge in [0.05, 0.1) is 6.21 Å². The summed E-state index contributed by atoms with van der Waals surface area (Å²) in [5, 5.41) is 16.2. The number of aliphatic hydroxyl groups excluding tert-OH is 1. The largest absolute Gasteiger partial charge is 0.396 e. The van der Waals surface area contributed by atoms with Crippen molar-refractivity contribution in [2.24, 2.45) is 5.16 Å². The minimum Gasteiger partial charge on any atom is -0.396 e. The molecule has 0 saturated heterocycles. The molecule has 0 aliphatic heterocycles. The van der Waals surface area contributed by atoms with Crippen LogP contribution in [0.2, 0.25) is 0 Å². The van der Waals surface area contributed by atoms with Gasteiger partial charge in [0, 0.05) is 12.1 Å². The Kier molecular flexibility index (Phi) is 6.49. The van der Waals surface area contributed by atoms with Gasteiger partial charge in [-0.1, -0.05) is 12.1 Å². The number of hydrogen-bond donors (Lipinski definition) is 2. The average molecular weight is 202 g/mol. The molecular weight excluding hydrogens is 180 g/mol. The molecule has 0 spiro atoms. The number of nitrogens with one attached hydrogen (secondary N) is 1. The van der Waals surface area contributed by atoms with Crippen LogP contribution in [-0.4, -0.2) is 36.1 Å². The number of nitrogens with zero attached hydrogens (tertiary/aromatic N) is 1. The standard InChI is InChI=1S/C10H22N2O2/c1-5-6-14-12-8-9(13)7-11-10(2,3)4/h8-9,11,13H,5-7H2,1-4H3/b12-8+. The Morgan fingerprint density at radius 1 is 1.50 bits per heavy atom. The highest BCUT2D eigenvalue weighted by molar-refractivity contribution is 5.62. The van der Waals surface area contributed by atoms with Gasteiger partial charge in [0.2, 0.25) is 0 Å². The van der Waals surface area contributed by atoms with E-state index < -0.39 is 6.10 Å². The Hall–Kier alpha value is -0.610. The molecule has 0 aliphatic rings. The quantitative estimate of drug-likeness (QED) is 0.386. The van der Waals surface area contributed by atoms with Gasteiger partial charge in [0.15, 0.2) is 0 Å². The van der Waals surface area contributed by atoms with Gasteiger partial charge < -0.3 is 15.3 Å². The van der Waals surface area contributed by atoms with Crippen molar-refractivity contribution in [3.63, 3.8) is 0 Å². The van der Waals surface area contributed by atoms with E-state index in [9.17, 15) is 5.11 Å². The fraction of sp³-hybridized carbons (Fsp3) is 0.900. The molecule has 1 unspecified atom stereocenters. The van der Waals surface area contributed by atoms with Crippen molar-refractivity contribution in [1.82, 2.24) is 5.32 Å². The highest BCUT2D eigenvalue weighted by Gasteiger charge is 2.10. The van der Waals surface area contributed by atoms with Gasteiger partial charge in [-0.15, -0.1) is 0 Å². The van der Waals surface area contributed by atoms with Gasteiger partial charge in [-0.25, -0.2) is 0 Å². The van der Waals surface area contributed by atoms with E-state index in [4.69, 9.17) is 4.84 Å². The summed E-state index contributed by atoms with van der Waals surface area (Å²) in [7, 11) is 0. The van der Waals surface area contributed by atoms with Gasteiger partial charge in [-0.05, 0) is 27.2 Å². The van der Waals surface area contributed by atoms with E-state index >= 15 is 0 Å². The minimum absolute atomic E-state index is 0.0130. The van der Waals surface area contributed by atoms with Gasteiger partial charge in [0.1, 0.15) is 12.7 Å². The summed E-state index contributed by atoms with van der Waals surface area (Å²) >= 11 is 0. The Morgan fingerprint density at radius 3 is 2.64 bits per heavy atom. The second-order valence-electron chi connectivity index (χ2n) is 4.29. The SMILES string of the molecule is CCCO/N=C/C(O)CNC(C)(C)C. The van der Waals surface area contributed by atoms with Crippen LogP contribution in [0, 0.1) is 0 Å². The van der Waals surface area contributed by atoms with Crippen LogP contribution in [0.4, 0.5) is 0 Å². The molecule has 4 nitrogen and oxygen atoms in total. The maximum atomic E-state index is 9.42. The van der Waals surface area contributed by atoms with Crippen LogP contribution >= 0.6 is 0 Å². The van der Waals surface area contributed by atoms with Crippen LogP contribution < -0.4 is 5.32 Å². The predicted octanol–water partition coefficient (Wildman–Crippen LogP) is 1.15. The summed E-state index contributed by atoms with van der Waals surface area (Å²) in [6, 6.07) is 0. The smallest absolute Gasteiger partial charge is 0.116 e. The van der Waals surface area contributed by atoms with Crippen molar-refractivity contribution < 1.29 is 9.94 Å². The fourth-order valence-corrected chi connectivity index (χ4v) is 0.721. The summed E-state index contributed by atoms with van der Waals surface area (Å²) in [5.74, 6) is 0. The lowest BCUT2D eigenvalue weighted by Crippen LogP contribution is -2.41. The molecule has 1 atom stereocenters. The summed E-state index contributed by atoms with van der Waals surface area (Å²) in [5.41, 5.74) is 0.0130. The summed E-state index contributed by atoms with van der Waals surface area (Å²) in [6.07, 6.45) is 1.74. The number of aliphatic hydroxyl groups is 1. The normalized spacial score (nSPS) is 14.6. The summed E-state index contributed by atoms with van der Waals surface area (Å²) in [6.45, 7) is 9.23. The predicted molar refractivity (Wildman–Crippen MR) is 58.5 cm³/mol. The second-order valence-corrected chi connectivity index (χ2v) is 4.29. The third kappa shape index (κ3) is 9.48. The van der Waals surface area contributed by atoms with E-state index in [1.807, 2.05) is 27.7 Å². The van der Waals surface area contributed by atoms with Crippen LogP contribution in [0.5, 0.6) is 0 Å². The van der Waals surface area contributed by atoms with Crippen molar-refractivity contribution in [2.45, 2.75) is 45.8 Å². The monoisotopic (exact) mass is 202 g/mol. The molecule has 0 aromatic rings. The molecule has 14 heavy (non-hydrogen) atoms. The molecule has 0 fully saturated rings. The number of hydrogen-bond acceptors (Lipinski definition) is 4. The summed E-state index contributed by atoms with van der Waals surface area (Å²) < 4.78 is 0. The van der Waals surface area contributed by atoms with Gasteiger partial charge in [-0.2, -0.15) is 0 Å². The van der Waals surface area contributed by atoms with Crippen molar-refractivity contribution in [2.75, 3.05) is 13.2 Å². The first-order valence-electron chi connectivity index (χ1n) is 5.04. The zero-order chi connectivity index (χ0) is 11.0. The third-order valence-electron chi connectivity index (χ3n) is 1.44. The van der Waals surface area contributed by atoms with Gasteiger partial charge in [0.25, 0.3) is 0 Å². The average Bonchev–Trinajstić information content (AvgIpc) is 2.08. The van der Waals surface area contributed by atoms with E-state index in [1.165, 1.54) is 6.21 Å². The number of β-amino-alcohol motifs (C(OH)–C–C–N with tert-alkyl or cyclic N) is 1. The highest BCUT2D eigenvalue weighted by atomic mass is 16.6. The molecule has 0 aliphatic carbocycles. The lowest BCUT2D eigenvalue weighted by molar-refractivity contribution is 0.140. The van der Waals surface area contributed by atoms with Crippen LogP contribution in [0.3, 0.4) is 0 Å². The van der Waals surface area contributed by atoms with Crippen molar-refractivity contribution >= 4 is 6.21 Å². The maximum absolute atomic E-state index is 9.42. The molecule has 0 aromatic heterocycles. The molecule has 0 heterocycles. The number of rotatable bonds is 6. The fourth-order valence-electron chi connectivity index (χ4n) is 0.721. The molecular formula is C10H22N2O2. The van der Waals surface area contributed by atoms with E-state index in [0.29, 0.717) is 13.2 Å². The van der Waals surface area contributed by atoms with E-state index in [0.717, 1.165) is 6.42 Å². The first-order chi connectivity index (χ1) is 6.45. The van der Waals surface area contributed by atoms with Crippen molar-refractivity contribution in [1.29, 1.82) is 0 Å². The zero-order valence-corrected chi connectivity index (χ0v) is 9.58. The molecule has 0 radical (unpaired) electrons. The molecule has 0 amide bonds. The van der Waals surface area contributed by atoms with Crippen LogP contribution in [0.1, 0.15) is 34.1 Å². The highest BCUT2D eigenvalue weighted by Crippen LogP contribution is 1.97. The Labute approximate surface area is 86.3 Å². The maximum Gasteiger partial charge on any atom is 0.116 e. The molecule has 2 N–H and O–H groups in total. The minimum atomic E-state index is -0.592. The van der Waals surface area contributed by atoms with Gasteiger partial charge in [-0.3, -0.25) is 0 Å². The lowest BCUT2D eigenvalue weighted by atomic mass is 10.1. The molecule has 0 saturated carbocycles. The van der Waals surface area contributed by atoms with Crippen LogP contribution in [0.25, 0.3) is 0 Å². The van der Waals surface area contributed by atoms with Crippen LogP contribution in [-0.2, 0) is 4.84 Å². The molecule has 0 rings (SSSR count). The first-order valence-corrected chi connectivity index (χ1v) is 5.04. The first kappa shape index (κ1) is 13.4. The molecule has 4 heteroatoms. The van der Waals surface area contributed by atoms with E-state index in [-0.39, 0.29) is 5.54 Å². The van der Waals surface area contributed by atoms with Crippen LogP contribution in [0.15, 0.2) is 5.16 Å². The van der Waals surface area contributed by atoms with Crippen molar-refractivity contribution in [3.05, 3.63) is 0 Å². The molecule has 0 aromatic carbocycles. The molecule has 0 bridgehead atoms. The van der Waals surface area contributed by atoms with E-state index in [2.05, 4.69) is 10.5 Å². The Morgan fingerprint density at radius 2 is 2.14 bits per heavy atom. The second kappa shape index (κ2) is 6.79. The topological polar surface area (TPSA) is 53.9 Å². The van der Waals surface area contributed by atoms with Gasteiger partial charge >= 0.3 is 0 Å². The van der Waals surface area contributed by atoms with Crippen molar-refractivity contribution in [3.8, 4) is 0 Å². The summed E-state index contributed by atoms with van der Waals surface area (Å²) in [4.78, 5) is 4.87. The third-order valence-corrected chi connectivity index (χ3v) is 1.44. The van der Waals surface area contributed by atoms with E-state index in [1.54, 1.807) is 0 Å². The zero-order valence-electron chi connectivity index (χ0n) is 9.58. The molecule has 84 valence electrons. The Bertz CT molecular complexity index is 164. The number of oxime groups is 1. The lowest BCUT2D eigenvalue weighted by Gasteiger charge is -2.21.